The lowest BCUT2D eigenvalue weighted by Crippen LogP contribution is -2.25. The summed E-state index contributed by atoms with van der Waals surface area (Å²) in [5.41, 5.74) is 0. The van der Waals surface area contributed by atoms with E-state index >= 15 is 0 Å². The second kappa shape index (κ2) is 14.0. The van der Waals surface area contributed by atoms with E-state index < -0.39 is 24.0 Å². The summed E-state index contributed by atoms with van der Waals surface area (Å²) in [6.45, 7) is 2.17. The quantitative estimate of drug-likeness (QED) is 0.269. The Morgan fingerprint density at radius 2 is 1.43 bits per heavy atom. The molecule has 7 nitrogen and oxygen atoms in total. The first-order valence-electron chi connectivity index (χ1n) is 8.28. The summed E-state index contributed by atoms with van der Waals surface area (Å²) in [5.74, 6) is -3.20. The summed E-state index contributed by atoms with van der Waals surface area (Å²) in [6, 6.07) is 0. The first kappa shape index (κ1) is 21.4. The smallest absolute Gasteiger partial charge is 0.342 e. The normalized spacial score (nSPS) is 11.9. The average Bonchev–Trinajstić information content (AvgIpc) is 2.50. The SMILES string of the molecule is CCCCCCCCCCC(OOC(=O)CCC(=O)O)C(=O)O. The molecular weight excluding hydrogens is 304 g/mol. The van der Waals surface area contributed by atoms with Crippen LogP contribution in [0.5, 0.6) is 0 Å². The largest absolute Gasteiger partial charge is 0.481 e. The van der Waals surface area contributed by atoms with Crippen molar-refractivity contribution in [3.63, 3.8) is 0 Å². The van der Waals surface area contributed by atoms with Crippen molar-refractivity contribution in [3.05, 3.63) is 0 Å². The van der Waals surface area contributed by atoms with Crippen LogP contribution in [0.25, 0.3) is 0 Å². The highest BCUT2D eigenvalue weighted by Gasteiger charge is 2.21. The van der Waals surface area contributed by atoms with E-state index in [-0.39, 0.29) is 19.3 Å². The summed E-state index contributed by atoms with van der Waals surface area (Å²) in [7, 11) is 0. The third-order valence-corrected chi connectivity index (χ3v) is 3.40. The second-order valence-corrected chi connectivity index (χ2v) is 5.54. The van der Waals surface area contributed by atoms with Crippen LogP contribution in [0, 0.1) is 0 Å². The standard InChI is InChI=1S/C16H28O7/c1-2-3-4-5-6-7-8-9-10-13(16(20)21)22-23-15(19)12-11-14(17)18/h13H,2-12H2,1H3,(H,17,18)(H,20,21). The van der Waals surface area contributed by atoms with Crippen LogP contribution in [0.1, 0.15) is 77.6 Å². The van der Waals surface area contributed by atoms with E-state index in [1.54, 1.807) is 0 Å². The third kappa shape index (κ3) is 13.7. The van der Waals surface area contributed by atoms with Crippen molar-refractivity contribution in [3.8, 4) is 0 Å². The van der Waals surface area contributed by atoms with E-state index in [1.807, 2.05) is 0 Å². The molecule has 0 rings (SSSR count). The molecule has 0 heterocycles. The zero-order chi connectivity index (χ0) is 17.5. The van der Waals surface area contributed by atoms with Crippen LogP contribution in [0.4, 0.5) is 0 Å². The molecule has 7 heteroatoms. The Labute approximate surface area is 136 Å². The van der Waals surface area contributed by atoms with Gasteiger partial charge in [-0.05, 0) is 6.42 Å². The Morgan fingerprint density at radius 1 is 0.870 bits per heavy atom. The first-order valence-corrected chi connectivity index (χ1v) is 8.28. The fraction of sp³-hybridized carbons (Fsp3) is 0.812. The van der Waals surface area contributed by atoms with Gasteiger partial charge in [-0.1, -0.05) is 58.3 Å². The van der Waals surface area contributed by atoms with Gasteiger partial charge in [0.2, 0.25) is 6.10 Å². The van der Waals surface area contributed by atoms with Crippen molar-refractivity contribution < 1.29 is 34.4 Å². The first-order chi connectivity index (χ1) is 11.0. The minimum Gasteiger partial charge on any atom is -0.481 e. The van der Waals surface area contributed by atoms with E-state index in [2.05, 4.69) is 16.7 Å². The van der Waals surface area contributed by atoms with Gasteiger partial charge in [-0.3, -0.25) is 9.68 Å². The molecule has 0 bridgehead atoms. The Kier molecular flexibility index (Phi) is 13.0. The maximum absolute atomic E-state index is 11.2. The molecule has 0 amide bonds. The van der Waals surface area contributed by atoms with Crippen molar-refractivity contribution in [2.24, 2.45) is 0 Å². The maximum atomic E-state index is 11.2. The van der Waals surface area contributed by atoms with Crippen LogP contribution in [0.2, 0.25) is 0 Å². The molecule has 134 valence electrons. The van der Waals surface area contributed by atoms with Crippen LogP contribution in [0.3, 0.4) is 0 Å². The molecule has 0 aliphatic heterocycles. The average molecular weight is 332 g/mol. The van der Waals surface area contributed by atoms with Gasteiger partial charge in [0.1, 0.15) is 0 Å². The van der Waals surface area contributed by atoms with E-state index in [9.17, 15) is 14.4 Å². The van der Waals surface area contributed by atoms with Crippen molar-refractivity contribution in [1.82, 2.24) is 0 Å². The molecule has 0 saturated carbocycles. The molecule has 0 fully saturated rings. The molecule has 0 aromatic rings. The van der Waals surface area contributed by atoms with Crippen molar-refractivity contribution in [1.29, 1.82) is 0 Å². The Hall–Kier alpha value is -1.63. The molecule has 0 aliphatic carbocycles. The van der Waals surface area contributed by atoms with Crippen LogP contribution in [-0.4, -0.2) is 34.2 Å². The fourth-order valence-electron chi connectivity index (χ4n) is 2.04. The number of carboxylic acids is 2. The monoisotopic (exact) mass is 332 g/mol. The van der Waals surface area contributed by atoms with Gasteiger partial charge in [-0.2, -0.15) is 4.89 Å². The summed E-state index contributed by atoms with van der Waals surface area (Å²) in [5, 5.41) is 17.4. The lowest BCUT2D eigenvalue weighted by molar-refractivity contribution is -0.296. The Bertz CT molecular complexity index is 354. The lowest BCUT2D eigenvalue weighted by atomic mass is 10.1. The molecule has 23 heavy (non-hydrogen) atoms. The minimum absolute atomic E-state index is 0.260. The van der Waals surface area contributed by atoms with Gasteiger partial charge in [0.25, 0.3) is 0 Å². The molecule has 0 aromatic carbocycles. The minimum atomic E-state index is -1.20. The van der Waals surface area contributed by atoms with Crippen LogP contribution < -0.4 is 0 Å². The predicted molar refractivity (Wildman–Crippen MR) is 82.7 cm³/mol. The number of carboxylic acid groups (broad SMARTS) is 2. The zero-order valence-corrected chi connectivity index (χ0v) is 13.8. The van der Waals surface area contributed by atoms with Gasteiger partial charge in [-0.25, -0.2) is 9.59 Å². The summed E-state index contributed by atoms with van der Waals surface area (Å²) >= 11 is 0. The van der Waals surface area contributed by atoms with E-state index in [0.717, 1.165) is 19.3 Å². The van der Waals surface area contributed by atoms with Gasteiger partial charge in [0.05, 0.1) is 12.8 Å². The van der Waals surface area contributed by atoms with Crippen molar-refractivity contribution in [2.45, 2.75) is 83.7 Å². The molecule has 1 atom stereocenters. The van der Waals surface area contributed by atoms with Gasteiger partial charge >= 0.3 is 17.9 Å². The maximum Gasteiger partial charge on any atom is 0.342 e. The van der Waals surface area contributed by atoms with Crippen molar-refractivity contribution >= 4 is 17.9 Å². The number of unbranched alkanes of at least 4 members (excludes halogenated alkanes) is 7. The number of hydrogen-bond acceptors (Lipinski definition) is 5. The lowest BCUT2D eigenvalue weighted by Gasteiger charge is -2.11. The molecule has 2 N–H and O–H groups in total. The van der Waals surface area contributed by atoms with Crippen LogP contribution >= 0.6 is 0 Å². The van der Waals surface area contributed by atoms with E-state index in [1.165, 1.54) is 25.7 Å². The molecule has 1 unspecified atom stereocenters. The van der Waals surface area contributed by atoms with Gasteiger partial charge in [0.15, 0.2) is 0 Å². The molecule has 0 saturated heterocycles. The molecule has 0 aromatic heterocycles. The molecular formula is C16H28O7. The Balaban J connectivity index is 3.76. The van der Waals surface area contributed by atoms with E-state index in [0.29, 0.717) is 6.42 Å². The highest BCUT2D eigenvalue weighted by molar-refractivity contribution is 5.76. The van der Waals surface area contributed by atoms with E-state index in [4.69, 9.17) is 10.2 Å². The zero-order valence-electron chi connectivity index (χ0n) is 13.8. The Morgan fingerprint density at radius 3 is 1.96 bits per heavy atom. The highest BCUT2D eigenvalue weighted by atomic mass is 17.2. The third-order valence-electron chi connectivity index (χ3n) is 3.40. The molecule has 0 spiro atoms. The predicted octanol–water partition coefficient (Wildman–Crippen LogP) is 3.31. The summed E-state index contributed by atoms with van der Waals surface area (Å²) in [6.07, 6.45) is 7.01. The number of aliphatic carboxylic acids is 2. The summed E-state index contributed by atoms with van der Waals surface area (Å²) < 4.78 is 0. The van der Waals surface area contributed by atoms with Crippen LogP contribution in [0.15, 0.2) is 0 Å². The highest BCUT2D eigenvalue weighted by Crippen LogP contribution is 2.12. The summed E-state index contributed by atoms with van der Waals surface area (Å²) in [4.78, 5) is 41.4. The number of hydrogen-bond donors (Lipinski definition) is 2. The second-order valence-electron chi connectivity index (χ2n) is 5.54. The van der Waals surface area contributed by atoms with Gasteiger partial charge in [0, 0.05) is 0 Å². The van der Waals surface area contributed by atoms with Gasteiger partial charge < -0.3 is 10.2 Å². The van der Waals surface area contributed by atoms with Gasteiger partial charge in [-0.15, -0.1) is 0 Å². The van der Waals surface area contributed by atoms with Crippen molar-refractivity contribution in [2.75, 3.05) is 0 Å². The number of carbonyl (C=O) groups is 3. The molecule has 0 aliphatic rings. The van der Waals surface area contributed by atoms with Crippen LogP contribution in [-0.2, 0) is 24.2 Å². The topological polar surface area (TPSA) is 110 Å². The fourth-order valence-corrected chi connectivity index (χ4v) is 2.04. The molecule has 0 radical (unpaired) electrons. The number of rotatable bonds is 15. The number of carbonyl (C=O) groups excluding carboxylic acids is 1.